The van der Waals surface area contributed by atoms with Crippen molar-refractivity contribution in [2.24, 2.45) is 0 Å². The fourth-order valence-electron chi connectivity index (χ4n) is 3.36. The van der Waals surface area contributed by atoms with Gasteiger partial charge >= 0.3 is 0 Å². The molecule has 2 aromatic carbocycles. The van der Waals surface area contributed by atoms with Crippen LogP contribution in [0, 0.1) is 5.82 Å². The van der Waals surface area contributed by atoms with Crippen LogP contribution in [0.5, 0.6) is 5.75 Å². The Bertz CT molecular complexity index is 704. The number of benzene rings is 2. The molecule has 3 rings (SSSR count). The Morgan fingerprint density at radius 1 is 1.07 bits per heavy atom. The van der Waals surface area contributed by atoms with Gasteiger partial charge in [0.2, 0.25) is 0 Å². The summed E-state index contributed by atoms with van der Waals surface area (Å²) in [4.78, 5) is 2.37. The normalized spacial score (nSPS) is 15.2. The molecule has 0 aromatic heterocycles. The summed E-state index contributed by atoms with van der Waals surface area (Å²) in [6.45, 7) is 4.66. The summed E-state index contributed by atoms with van der Waals surface area (Å²) >= 11 is 0. The van der Waals surface area contributed by atoms with E-state index in [4.69, 9.17) is 9.47 Å². The van der Waals surface area contributed by atoms with Gasteiger partial charge in [0.15, 0.2) is 0 Å². The Morgan fingerprint density at radius 3 is 2.52 bits per heavy atom. The zero-order valence-corrected chi connectivity index (χ0v) is 16.0. The Balaban J connectivity index is 1.40. The van der Waals surface area contributed by atoms with Gasteiger partial charge in [-0.3, -0.25) is 4.90 Å². The Hall–Kier alpha value is -1.95. The van der Waals surface area contributed by atoms with Crippen LogP contribution in [0.3, 0.4) is 0 Å². The fourth-order valence-corrected chi connectivity index (χ4v) is 3.36. The highest BCUT2D eigenvalue weighted by Gasteiger charge is 2.17. The molecule has 1 saturated heterocycles. The van der Waals surface area contributed by atoms with E-state index in [-0.39, 0.29) is 5.82 Å². The van der Waals surface area contributed by atoms with E-state index < -0.39 is 0 Å². The molecule has 0 amide bonds. The molecule has 1 aliphatic rings. The van der Waals surface area contributed by atoms with E-state index in [0.29, 0.717) is 19.2 Å². The monoisotopic (exact) mass is 372 g/mol. The molecule has 1 N–H and O–H groups in total. The molecule has 1 aliphatic heterocycles. The molecule has 2 aromatic rings. The summed E-state index contributed by atoms with van der Waals surface area (Å²) in [5.74, 6) is 0.691. The van der Waals surface area contributed by atoms with Gasteiger partial charge in [-0.25, -0.2) is 4.39 Å². The van der Waals surface area contributed by atoms with Crippen molar-refractivity contribution in [2.45, 2.75) is 32.0 Å². The second-order valence-corrected chi connectivity index (χ2v) is 7.05. The third-order valence-electron chi connectivity index (χ3n) is 4.97. The number of ether oxygens (including phenoxy) is 2. The Labute approximate surface area is 161 Å². The summed E-state index contributed by atoms with van der Waals surface area (Å²) in [6.07, 6.45) is 2.20. The van der Waals surface area contributed by atoms with Crippen LogP contribution >= 0.6 is 0 Å². The predicted octanol–water partition coefficient (Wildman–Crippen LogP) is 3.61. The van der Waals surface area contributed by atoms with Crippen LogP contribution in [0.4, 0.5) is 4.39 Å². The maximum atomic E-state index is 13.2. The summed E-state index contributed by atoms with van der Waals surface area (Å²) < 4.78 is 24.6. The minimum Gasteiger partial charge on any atom is -0.492 e. The molecule has 0 saturated carbocycles. The minimum atomic E-state index is -0.199. The van der Waals surface area contributed by atoms with Crippen molar-refractivity contribution < 1.29 is 13.9 Å². The highest BCUT2D eigenvalue weighted by molar-refractivity contribution is 5.28. The first-order valence-corrected chi connectivity index (χ1v) is 9.65. The lowest BCUT2D eigenvalue weighted by atomic mass is 10.1. The standard InChI is InChI=1S/C22H29FN2O2/c1-25(21-8-11-26-12-9-21)10-13-27-22-7-3-5-19(15-22)17-24-16-18-4-2-6-20(23)14-18/h2-7,14-15,21,24H,8-13,16-17H2,1H3. The van der Waals surface area contributed by atoms with E-state index in [0.717, 1.165) is 56.0 Å². The molecule has 1 fully saturated rings. The first kappa shape index (κ1) is 19.8. The van der Waals surface area contributed by atoms with Crippen LogP contribution < -0.4 is 10.1 Å². The van der Waals surface area contributed by atoms with Crippen LogP contribution in [0.15, 0.2) is 48.5 Å². The second kappa shape index (κ2) is 10.4. The van der Waals surface area contributed by atoms with Crippen molar-refractivity contribution in [3.05, 3.63) is 65.5 Å². The lowest BCUT2D eigenvalue weighted by Gasteiger charge is -2.31. The number of rotatable bonds is 9. The molecule has 27 heavy (non-hydrogen) atoms. The first-order chi connectivity index (χ1) is 13.2. The van der Waals surface area contributed by atoms with Gasteiger partial charge in [-0.05, 0) is 55.3 Å². The molecular formula is C22H29FN2O2. The zero-order chi connectivity index (χ0) is 18.9. The number of likely N-dealkylation sites (N-methyl/N-ethyl adjacent to an activating group) is 1. The molecular weight excluding hydrogens is 343 g/mol. The van der Waals surface area contributed by atoms with Crippen LogP contribution in [-0.2, 0) is 17.8 Å². The molecule has 0 spiro atoms. The molecule has 4 nitrogen and oxygen atoms in total. The number of nitrogens with one attached hydrogen (secondary N) is 1. The molecule has 0 unspecified atom stereocenters. The Kier molecular flexibility index (Phi) is 7.63. The smallest absolute Gasteiger partial charge is 0.123 e. The van der Waals surface area contributed by atoms with E-state index >= 15 is 0 Å². The molecule has 5 heteroatoms. The van der Waals surface area contributed by atoms with Crippen LogP contribution in [0.2, 0.25) is 0 Å². The van der Waals surface area contributed by atoms with Crippen LogP contribution in [0.1, 0.15) is 24.0 Å². The van der Waals surface area contributed by atoms with Gasteiger partial charge < -0.3 is 14.8 Å². The van der Waals surface area contributed by atoms with Crippen molar-refractivity contribution in [1.29, 1.82) is 0 Å². The SMILES string of the molecule is CN(CCOc1cccc(CNCc2cccc(F)c2)c1)C1CCOCC1. The maximum Gasteiger partial charge on any atom is 0.123 e. The van der Waals surface area contributed by atoms with Crippen LogP contribution in [0.25, 0.3) is 0 Å². The molecule has 0 atom stereocenters. The van der Waals surface area contributed by atoms with Gasteiger partial charge in [-0.1, -0.05) is 24.3 Å². The first-order valence-electron chi connectivity index (χ1n) is 9.65. The highest BCUT2D eigenvalue weighted by atomic mass is 19.1. The van der Waals surface area contributed by atoms with Crippen molar-refractivity contribution in [2.75, 3.05) is 33.4 Å². The number of hydrogen-bond acceptors (Lipinski definition) is 4. The third kappa shape index (κ3) is 6.61. The summed E-state index contributed by atoms with van der Waals surface area (Å²) in [5.41, 5.74) is 2.10. The van der Waals surface area contributed by atoms with Crippen molar-refractivity contribution in [1.82, 2.24) is 10.2 Å². The van der Waals surface area contributed by atoms with Gasteiger partial charge in [0.05, 0.1) is 0 Å². The summed E-state index contributed by atoms with van der Waals surface area (Å²) in [5, 5.41) is 3.35. The molecule has 0 aliphatic carbocycles. The van der Waals surface area contributed by atoms with Gasteiger partial charge in [0, 0.05) is 38.9 Å². The quantitative estimate of drug-likeness (QED) is 0.729. The molecule has 1 heterocycles. The predicted molar refractivity (Wildman–Crippen MR) is 105 cm³/mol. The third-order valence-corrected chi connectivity index (χ3v) is 4.97. The Morgan fingerprint density at radius 2 is 1.78 bits per heavy atom. The largest absolute Gasteiger partial charge is 0.492 e. The zero-order valence-electron chi connectivity index (χ0n) is 16.0. The number of halogens is 1. The minimum absolute atomic E-state index is 0.199. The number of nitrogens with zero attached hydrogens (tertiary/aromatic N) is 1. The summed E-state index contributed by atoms with van der Waals surface area (Å²) in [6, 6.07) is 15.4. The van der Waals surface area contributed by atoms with Crippen molar-refractivity contribution >= 4 is 0 Å². The fraction of sp³-hybridized carbons (Fsp3) is 0.455. The van der Waals surface area contributed by atoms with Crippen LogP contribution in [-0.4, -0.2) is 44.4 Å². The van der Waals surface area contributed by atoms with Gasteiger partial charge in [-0.15, -0.1) is 0 Å². The van der Waals surface area contributed by atoms with Crippen molar-refractivity contribution in [3.8, 4) is 5.75 Å². The van der Waals surface area contributed by atoms with E-state index in [1.165, 1.54) is 6.07 Å². The average Bonchev–Trinajstić information content (AvgIpc) is 2.69. The van der Waals surface area contributed by atoms with E-state index in [1.54, 1.807) is 12.1 Å². The molecule has 0 radical (unpaired) electrons. The van der Waals surface area contributed by atoms with E-state index in [2.05, 4.69) is 29.4 Å². The second-order valence-electron chi connectivity index (χ2n) is 7.05. The van der Waals surface area contributed by atoms with Gasteiger partial charge in [0.1, 0.15) is 18.2 Å². The highest BCUT2D eigenvalue weighted by Crippen LogP contribution is 2.15. The van der Waals surface area contributed by atoms with Crippen molar-refractivity contribution in [3.63, 3.8) is 0 Å². The molecule has 0 bridgehead atoms. The summed E-state index contributed by atoms with van der Waals surface area (Å²) in [7, 11) is 2.16. The lowest BCUT2D eigenvalue weighted by Crippen LogP contribution is -2.38. The van der Waals surface area contributed by atoms with Gasteiger partial charge in [0.25, 0.3) is 0 Å². The lowest BCUT2D eigenvalue weighted by molar-refractivity contribution is 0.0392. The number of hydrogen-bond donors (Lipinski definition) is 1. The maximum absolute atomic E-state index is 13.2. The van der Waals surface area contributed by atoms with E-state index in [9.17, 15) is 4.39 Å². The average molecular weight is 372 g/mol. The van der Waals surface area contributed by atoms with E-state index in [1.807, 2.05) is 18.2 Å². The molecule has 146 valence electrons. The topological polar surface area (TPSA) is 33.7 Å². The van der Waals surface area contributed by atoms with Gasteiger partial charge in [-0.2, -0.15) is 0 Å².